The van der Waals surface area contributed by atoms with Gasteiger partial charge in [0.1, 0.15) is 0 Å². The van der Waals surface area contributed by atoms with Gasteiger partial charge >= 0.3 is 0 Å². The highest BCUT2D eigenvalue weighted by Crippen LogP contribution is 2.04. The fraction of sp³-hybridized carbons (Fsp3) is 0.889. The predicted octanol–water partition coefficient (Wildman–Crippen LogP) is 0.897. The number of hydrogen-bond acceptors (Lipinski definition) is 2. The summed E-state index contributed by atoms with van der Waals surface area (Å²) >= 11 is 0. The summed E-state index contributed by atoms with van der Waals surface area (Å²) in [5.74, 6) is 0.579. The number of nitrogens with two attached hydrogens (primary N) is 1. The Bertz CT molecular complexity index is 164. The van der Waals surface area contributed by atoms with E-state index in [2.05, 4.69) is 37.7 Å². The molecule has 4 nitrogen and oxygen atoms in total. The second-order valence-corrected chi connectivity index (χ2v) is 3.90. The summed E-state index contributed by atoms with van der Waals surface area (Å²) in [6, 6.07) is 0.757. The molecule has 0 atom stereocenters. The van der Waals surface area contributed by atoms with E-state index in [0.717, 1.165) is 0 Å². The van der Waals surface area contributed by atoms with Crippen molar-refractivity contribution in [3.63, 3.8) is 0 Å². The van der Waals surface area contributed by atoms with Gasteiger partial charge in [-0.15, -0.1) is 5.10 Å². The first-order valence-electron chi connectivity index (χ1n) is 4.66. The van der Waals surface area contributed by atoms with Crippen molar-refractivity contribution in [2.24, 2.45) is 10.8 Å². The molecule has 0 aromatic rings. The Labute approximate surface area is 81.4 Å². The topological polar surface area (TPSA) is 44.9 Å². The van der Waals surface area contributed by atoms with E-state index in [1.54, 1.807) is 5.01 Å². The molecule has 0 radical (unpaired) electrons. The Balaban J connectivity index is 4.55. The minimum Gasteiger partial charge on any atom is -0.368 e. The van der Waals surface area contributed by atoms with Gasteiger partial charge < -0.3 is 10.6 Å². The lowest BCUT2D eigenvalue weighted by Gasteiger charge is -2.31. The van der Waals surface area contributed by atoms with Gasteiger partial charge in [0, 0.05) is 26.2 Å². The van der Waals surface area contributed by atoms with Crippen LogP contribution in [0.5, 0.6) is 0 Å². The van der Waals surface area contributed by atoms with Crippen LogP contribution in [-0.4, -0.2) is 42.0 Å². The van der Waals surface area contributed by atoms with Gasteiger partial charge in [-0.1, -0.05) is 0 Å². The average molecular weight is 186 g/mol. The van der Waals surface area contributed by atoms with Crippen LogP contribution in [0.25, 0.3) is 0 Å². The van der Waals surface area contributed by atoms with Gasteiger partial charge in [-0.25, -0.2) is 0 Å². The van der Waals surface area contributed by atoms with E-state index < -0.39 is 0 Å². The van der Waals surface area contributed by atoms with Gasteiger partial charge in [0.2, 0.25) is 5.96 Å². The molecule has 0 aromatic carbocycles. The van der Waals surface area contributed by atoms with E-state index in [1.165, 1.54) is 0 Å². The number of guanidine groups is 1. The van der Waals surface area contributed by atoms with Crippen LogP contribution in [0.4, 0.5) is 0 Å². The molecule has 0 saturated carbocycles. The quantitative estimate of drug-likeness (QED) is 0.404. The molecule has 0 saturated heterocycles. The van der Waals surface area contributed by atoms with Crippen LogP contribution in [0.15, 0.2) is 5.10 Å². The van der Waals surface area contributed by atoms with Crippen LogP contribution in [0, 0.1) is 0 Å². The van der Waals surface area contributed by atoms with E-state index >= 15 is 0 Å². The highest BCUT2D eigenvalue weighted by molar-refractivity contribution is 5.78. The first-order valence-corrected chi connectivity index (χ1v) is 4.66. The number of hydrazone groups is 1. The van der Waals surface area contributed by atoms with E-state index in [4.69, 9.17) is 5.73 Å². The summed E-state index contributed by atoms with van der Waals surface area (Å²) < 4.78 is 0. The second kappa shape index (κ2) is 4.94. The molecule has 0 bridgehead atoms. The second-order valence-electron chi connectivity index (χ2n) is 3.90. The van der Waals surface area contributed by atoms with Gasteiger partial charge in [0.25, 0.3) is 0 Å². The summed E-state index contributed by atoms with van der Waals surface area (Å²) in [4.78, 5) is 2.08. The maximum absolute atomic E-state index is 5.86. The van der Waals surface area contributed by atoms with Gasteiger partial charge in [-0.3, -0.25) is 5.01 Å². The Morgan fingerprint density at radius 3 is 1.69 bits per heavy atom. The Kier molecular flexibility index (Phi) is 4.59. The first-order chi connectivity index (χ1) is 5.86. The van der Waals surface area contributed by atoms with Gasteiger partial charge in [-0.05, 0) is 27.7 Å². The fourth-order valence-electron chi connectivity index (χ4n) is 1.38. The third-order valence-corrected chi connectivity index (χ3v) is 1.68. The molecule has 0 aliphatic heterocycles. The summed E-state index contributed by atoms with van der Waals surface area (Å²) in [6.07, 6.45) is 0. The SMILES string of the molecule is CC(C)N(C(N)=NN(C)C)C(C)C. The minimum atomic E-state index is 0.378. The number of hydrogen-bond donors (Lipinski definition) is 1. The van der Waals surface area contributed by atoms with Crippen molar-refractivity contribution in [1.29, 1.82) is 0 Å². The first kappa shape index (κ1) is 12.1. The van der Waals surface area contributed by atoms with Crippen LogP contribution in [0.1, 0.15) is 27.7 Å². The minimum absolute atomic E-state index is 0.378. The summed E-state index contributed by atoms with van der Waals surface area (Å²) in [5, 5.41) is 5.89. The van der Waals surface area contributed by atoms with Crippen LogP contribution in [0.2, 0.25) is 0 Å². The molecule has 0 aliphatic carbocycles. The van der Waals surface area contributed by atoms with Crippen LogP contribution in [0.3, 0.4) is 0 Å². The molecule has 0 unspecified atom stereocenters. The third-order valence-electron chi connectivity index (χ3n) is 1.68. The predicted molar refractivity (Wildman–Crippen MR) is 57.4 cm³/mol. The van der Waals surface area contributed by atoms with Crippen molar-refractivity contribution >= 4 is 5.96 Å². The van der Waals surface area contributed by atoms with Gasteiger partial charge in [0.15, 0.2) is 0 Å². The van der Waals surface area contributed by atoms with E-state index in [-0.39, 0.29) is 0 Å². The molecule has 0 amide bonds. The van der Waals surface area contributed by atoms with Crippen LogP contribution < -0.4 is 5.73 Å². The van der Waals surface area contributed by atoms with Crippen molar-refractivity contribution < 1.29 is 0 Å². The molecule has 0 spiro atoms. The Hall–Kier alpha value is -0.930. The molecular formula is C9H22N4. The maximum Gasteiger partial charge on any atom is 0.214 e. The van der Waals surface area contributed by atoms with E-state index in [0.29, 0.717) is 18.0 Å². The zero-order valence-corrected chi connectivity index (χ0v) is 9.57. The Morgan fingerprint density at radius 2 is 1.46 bits per heavy atom. The van der Waals surface area contributed by atoms with Gasteiger partial charge in [-0.2, -0.15) is 0 Å². The van der Waals surface area contributed by atoms with Crippen LogP contribution >= 0.6 is 0 Å². The standard InChI is InChI=1S/C9H22N4/c1-7(2)13(8(3)4)9(10)11-12(5)6/h7-8H,1-6H3,(H2,10,11). The highest BCUT2D eigenvalue weighted by atomic mass is 15.5. The largest absolute Gasteiger partial charge is 0.368 e. The van der Waals surface area contributed by atoms with Crippen molar-refractivity contribution in [3.05, 3.63) is 0 Å². The Morgan fingerprint density at radius 1 is 1.08 bits per heavy atom. The third kappa shape index (κ3) is 4.01. The fourth-order valence-corrected chi connectivity index (χ4v) is 1.38. The molecule has 0 rings (SSSR count). The zero-order chi connectivity index (χ0) is 10.6. The molecular weight excluding hydrogens is 164 g/mol. The highest BCUT2D eigenvalue weighted by Gasteiger charge is 2.15. The number of nitrogens with zero attached hydrogens (tertiary/aromatic N) is 3. The van der Waals surface area contributed by atoms with Crippen molar-refractivity contribution in [3.8, 4) is 0 Å². The smallest absolute Gasteiger partial charge is 0.214 e. The number of rotatable bonds is 3. The summed E-state index contributed by atoms with van der Waals surface area (Å²) in [5.41, 5.74) is 5.86. The molecule has 4 heteroatoms. The normalized spacial score (nSPS) is 12.5. The summed E-state index contributed by atoms with van der Waals surface area (Å²) in [7, 11) is 3.73. The molecule has 2 N–H and O–H groups in total. The lowest BCUT2D eigenvalue weighted by molar-refractivity contribution is 0.278. The zero-order valence-electron chi connectivity index (χ0n) is 9.57. The molecule has 0 aliphatic rings. The maximum atomic E-state index is 5.86. The van der Waals surface area contributed by atoms with Crippen LogP contribution in [-0.2, 0) is 0 Å². The lowest BCUT2D eigenvalue weighted by atomic mass is 10.2. The van der Waals surface area contributed by atoms with Gasteiger partial charge in [0.05, 0.1) is 0 Å². The monoisotopic (exact) mass is 186 g/mol. The lowest BCUT2D eigenvalue weighted by Crippen LogP contribution is -2.47. The van der Waals surface area contributed by atoms with E-state index in [1.807, 2.05) is 14.1 Å². The molecule has 0 fully saturated rings. The molecule has 0 heterocycles. The molecule has 78 valence electrons. The van der Waals surface area contributed by atoms with Crippen molar-refractivity contribution in [1.82, 2.24) is 9.91 Å². The van der Waals surface area contributed by atoms with Crippen molar-refractivity contribution in [2.75, 3.05) is 14.1 Å². The summed E-state index contributed by atoms with van der Waals surface area (Å²) in [6.45, 7) is 8.44. The molecule has 13 heavy (non-hydrogen) atoms. The van der Waals surface area contributed by atoms with Crippen molar-refractivity contribution in [2.45, 2.75) is 39.8 Å². The average Bonchev–Trinajstić information content (AvgIpc) is 1.81. The molecule has 0 aromatic heterocycles. The van der Waals surface area contributed by atoms with E-state index in [9.17, 15) is 0 Å².